The number of anilines is 1. The largest absolute Gasteiger partial charge is 0.318 e. The minimum Gasteiger partial charge on any atom is -0.318 e. The molecule has 0 aromatic carbocycles. The van der Waals surface area contributed by atoms with Crippen molar-refractivity contribution in [3.05, 3.63) is 16.0 Å². The number of rotatable bonds is 4. The molecule has 0 aliphatic rings. The van der Waals surface area contributed by atoms with Crippen molar-refractivity contribution in [2.75, 3.05) is 18.9 Å². The number of thiophene rings is 1. The van der Waals surface area contributed by atoms with E-state index in [1.54, 1.807) is 18.3 Å². The van der Waals surface area contributed by atoms with Crippen LogP contribution >= 0.6 is 11.3 Å². The molecule has 1 aromatic rings. The maximum atomic E-state index is 11.0. The molecule has 0 atom stereocenters. The summed E-state index contributed by atoms with van der Waals surface area (Å²) in [5, 5.41) is 3.88. The van der Waals surface area contributed by atoms with E-state index in [1.807, 2.05) is 0 Å². The number of nitrogens with one attached hydrogen (secondary N) is 1. The molecular formula is C12H20N2OS. The topological polar surface area (TPSA) is 32.3 Å². The van der Waals surface area contributed by atoms with Gasteiger partial charge in [-0.1, -0.05) is 6.92 Å². The van der Waals surface area contributed by atoms with Gasteiger partial charge in [-0.3, -0.25) is 4.79 Å². The van der Waals surface area contributed by atoms with Gasteiger partial charge in [-0.15, -0.1) is 11.3 Å². The smallest absolute Gasteiger partial charge is 0.221 e. The Hall–Kier alpha value is -0.870. The molecule has 1 N–H and O–H groups in total. The average molecular weight is 240 g/mol. The van der Waals surface area contributed by atoms with Crippen LogP contribution in [0.1, 0.15) is 29.9 Å². The van der Waals surface area contributed by atoms with Gasteiger partial charge >= 0.3 is 0 Å². The monoisotopic (exact) mass is 240 g/mol. The second kappa shape index (κ2) is 5.46. The van der Waals surface area contributed by atoms with E-state index in [0.717, 1.165) is 18.1 Å². The zero-order chi connectivity index (χ0) is 12.3. The van der Waals surface area contributed by atoms with Crippen molar-refractivity contribution < 1.29 is 4.79 Å². The molecule has 0 aliphatic heterocycles. The van der Waals surface area contributed by atoms with Gasteiger partial charge in [0.2, 0.25) is 5.91 Å². The molecule has 0 saturated carbocycles. The fourth-order valence-electron chi connectivity index (χ4n) is 1.44. The molecule has 1 heterocycles. The van der Waals surface area contributed by atoms with Crippen molar-refractivity contribution >= 4 is 22.2 Å². The Balaban J connectivity index is 2.90. The number of carbonyl (C=O) groups is 1. The molecule has 0 aliphatic carbocycles. The molecule has 90 valence electrons. The first kappa shape index (κ1) is 13.2. The molecule has 1 aromatic heterocycles. The van der Waals surface area contributed by atoms with E-state index in [1.165, 1.54) is 16.0 Å². The van der Waals surface area contributed by atoms with Gasteiger partial charge in [0.15, 0.2) is 0 Å². The first-order chi connectivity index (χ1) is 7.45. The van der Waals surface area contributed by atoms with Crippen LogP contribution < -0.4 is 5.32 Å². The van der Waals surface area contributed by atoms with Gasteiger partial charge in [-0.2, -0.15) is 0 Å². The van der Waals surface area contributed by atoms with Crippen LogP contribution in [0.5, 0.6) is 0 Å². The SMILES string of the molecule is CCN(C)Cc1sc(NC(C)=O)c(C)c1C. The molecule has 16 heavy (non-hydrogen) atoms. The number of nitrogens with zero attached hydrogens (tertiary/aromatic N) is 1. The molecule has 3 nitrogen and oxygen atoms in total. The zero-order valence-electron chi connectivity index (χ0n) is 10.7. The highest BCUT2D eigenvalue weighted by atomic mass is 32.1. The summed E-state index contributed by atoms with van der Waals surface area (Å²) in [5.41, 5.74) is 2.49. The molecule has 0 radical (unpaired) electrons. The van der Waals surface area contributed by atoms with E-state index >= 15 is 0 Å². The second-order valence-corrected chi connectivity index (χ2v) is 5.22. The molecule has 1 rings (SSSR count). The predicted octanol–water partition coefficient (Wildman–Crippen LogP) is 2.78. The highest BCUT2D eigenvalue weighted by molar-refractivity contribution is 7.16. The fraction of sp³-hybridized carbons (Fsp3) is 0.583. The summed E-state index contributed by atoms with van der Waals surface area (Å²) in [6.07, 6.45) is 0. The average Bonchev–Trinajstić information content (AvgIpc) is 2.46. The lowest BCUT2D eigenvalue weighted by Gasteiger charge is -2.12. The second-order valence-electron chi connectivity index (χ2n) is 4.12. The van der Waals surface area contributed by atoms with E-state index in [-0.39, 0.29) is 5.91 Å². The van der Waals surface area contributed by atoms with Crippen LogP contribution in [0.2, 0.25) is 0 Å². The molecule has 0 fully saturated rings. The van der Waals surface area contributed by atoms with Gasteiger partial charge in [0.25, 0.3) is 0 Å². The molecule has 0 saturated heterocycles. The van der Waals surface area contributed by atoms with Crippen LogP contribution in [0.15, 0.2) is 0 Å². The lowest BCUT2D eigenvalue weighted by atomic mass is 10.2. The van der Waals surface area contributed by atoms with E-state index in [0.29, 0.717) is 0 Å². The number of hydrogen-bond acceptors (Lipinski definition) is 3. The predicted molar refractivity (Wildman–Crippen MR) is 70.1 cm³/mol. The van der Waals surface area contributed by atoms with Crippen molar-refractivity contribution in [3.63, 3.8) is 0 Å². The van der Waals surface area contributed by atoms with Crippen molar-refractivity contribution in [1.29, 1.82) is 0 Å². The summed E-state index contributed by atoms with van der Waals surface area (Å²) in [6, 6.07) is 0. The Bertz CT molecular complexity index is 385. The van der Waals surface area contributed by atoms with E-state index < -0.39 is 0 Å². The normalized spacial score (nSPS) is 10.9. The van der Waals surface area contributed by atoms with Crippen LogP contribution in [0.3, 0.4) is 0 Å². The van der Waals surface area contributed by atoms with E-state index in [4.69, 9.17) is 0 Å². The molecule has 0 spiro atoms. The van der Waals surface area contributed by atoms with Crippen molar-refractivity contribution in [1.82, 2.24) is 4.90 Å². The summed E-state index contributed by atoms with van der Waals surface area (Å²) >= 11 is 1.68. The number of carbonyl (C=O) groups excluding carboxylic acids is 1. The third-order valence-electron chi connectivity index (χ3n) is 2.79. The summed E-state index contributed by atoms with van der Waals surface area (Å²) in [7, 11) is 2.10. The van der Waals surface area contributed by atoms with E-state index in [9.17, 15) is 4.79 Å². The van der Waals surface area contributed by atoms with Gasteiger partial charge in [0.1, 0.15) is 0 Å². The molecule has 0 unspecified atom stereocenters. The first-order valence-electron chi connectivity index (χ1n) is 5.50. The standard InChI is InChI=1S/C12H20N2OS/c1-6-14(5)7-11-8(2)9(3)12(16-11)13-10(4)15/h6-7H2,1-5H3,(H,13,15). The summed E-state index contributed by atoms with van der Waals surface area (Å²) in [6.45, 7) is 9.86. The first-order valence-corrected chi connectivity index (χ1v) is 6.32. The van der Waals surface area contributed by atoms with Crippen LogP contribution in [0.25, 0.3) is 0 Å². The van der Waals surface area contributed by atoms with Crippen LogP contribution in [0.4, 0.5) is 5.00 Å². The number of hydrogen-bond donors (Lipinski definition) is 1. The van der Waals surface area contributed by atoms with Gasteiger partial charge in [0.05, 0.1) is 5.00 Å². The third kappa shape index (κ3) is 3.06. The van der Waals surface area contributed by atoms with Crippen LogP contribution in [-0.4, -0.2) is 24.4 Å². The Morgan fingerprint density at radius 1 is 1.38 bits per heavy atom. The maximum Gasteiger partial charge on any atom is 0.221 e. The van der Waals surface area contributed by atoms with Gasteiger partial charge in [-0.05, 0) is 38.6 Å². The van der Waals surface area contributed by atoms with Crippen LogP contribution in [-0.2, 0) is 11.3 Å². The molecule has 1 amide bonds. The summed E-state index contributed by atoms with van der Waals surface area (Å²) < 4.78 is 0. The molecule has 0 bridgehead atoms. The zero-order valence-corrected chi connectivity index (χ0v) is 11.5. The number of amides is 1. The highest BCUT2D eigenvalue weighted by Crippen LogP contribution is 2.32. The van der Waals surface area contributed by atoms with Gasteiger partial charge in [-0.25, -0.2) is 0 Å². The summed E-state index contributed by atoms with van der Waals surface area (Å²) in [4.78, 5) is 14.6. The minimum atomic E-state index is -0.000235. The Morgan fingerprint density at radius 2 is 2.00 bits per heavy atom. The van der Waals surface area contributed by atoms with Crippen molar-refractivity contribution in [2.24, 2.45) is 0 Å². The van der Waals surface area contributed by atoms with Crippen molar-refractivity contribution in [3.8, 4) is 0 Å². The van der Waals surface area contributed by atoms with Gasteiger partial charge in [0, 0.05) is 18.3 Å². The minimum absolute atomic E-state index is 0.000235. The lowest BCUT2D eigenvalue weighted by molar-refractivity contribution is -0.114. The van der Waals surface area contributed by atoms with Crippen molar-refractivity contribution in [2.45, 2.75) is 34.2 Å². The Kier molecular flexibility index (Phi) is 4.50. The summed E-state index contributed by atoms with van der Waals surface area (Å²) in [5.74, 6) is -0.000235. The Labute approximate surface area is 101 Å². The maximum absolute atomic E-state index is 11.0. The quantitative estimate of drug-likeness (QED) is 0.877. The molecular weight excluding hydrogens is 220 g/mol. The Morgan fingerprint density at radius 3 is 2.50 bits per heavy atom. The van der Waals surface area contributed by atoms with Crippen LogP contribution in [0, 0.1) is 13.8 Å². The lowest BCUT2D eigenvalue weighted by Crippen LogP contribution is -2.16. The van der Waals surface area contributed by atoms with E-state index in [2.05, 4.69) is 38.0 Å². The fourth-order valence-corrected chi connectivity index (χ4v) is 2.78. The molecule has 4 heteroatoms. The highest BCUT2D eigenvalue weighted by Gasteiger charge is 2.13. The van der Waals surface area contributed by atoms with Gasteiger partial charge < -0.3 is 10.2 Å². The third-order valence-corrected chi connectivity index (χ3v) is 4.08.